The molecule has 3 rings (SSSR count). The molecule has 0 saturated carbocycles. The van der Waals surface area contributed by atoms with E-state index in [4.69, 9.17) is 4.42 Å². The van der Waals surface area contributed by atoms with Crippen LogP contribution in [0.5, 0.6) is 0 Å². The lowest BCUT2D eigenvalue weighted by atomic mass is 10.0. The first kappa shape index (κ1) is 15.1. The van der Waals surface area contributed by atoms with Gasteiger partial charge in [-0.05, 0) is 50.4 Å². The van der Waals surface area contributed by atoms with E-state index >= 15 is 0 Å². The van der Waals surface area contributed by atoms with Gasteiger partial charge < -0.3 is 14.6 Å². The Morgan fingerprint density at radius 3 is 3.09 bits per heavy atom. The van der Waals surface area contributed by atoms with E-state index in [-0.39, 0.29) is 5.91 Å². The zero-order valence-electron chi connectivity index (χ0n) is 13.2. The number of piperidine rings is 1. The first-order valence-corrected chi connectivity index (χ1v) is 8.21. The van der Waals surface area contributed by atoms with E-state index in [1.807, 2.05) is 24.3 Å². The molecule has 1 unspecified atom stereocenters. The molecule has 1 aromatic carbocycles. The molecule has 1 aromatic heterocycles. The molecule has 1 atom stereocenters. The number of hydrogen-bond acceptors (Lipinski definition) is 3. The van der Waals surface area contributed by atoms with Crippen molar-refractivity contribution < 1.29 is 9.21 Å². The maximum absolute atomic E-state index is 12.1. The fraction of sp³-hybridized carbons (Fsp3) is 0.500. The van der Waals surface area contributed by atoms with Gasteiger partial charge in [0.15, 0.2) is 5.76 Å². The molecule has 0 spiro atoms. The zero-order valence-corrected chi connectivity index (χ0v) is 13.2. The van der Waals surface area contributed by atoms with E-state index in [0.717, 1.165) is 29.9 Å². The first-order valence-electron chi connectivity index (χ1n) is 8.21. The summed E-state index contributed by atoms with van der Waals surface area (Å²) in [5.74, 6) is 1.08. The maximum atomic E-state index is 12.1. The van der Waals surface area contributed by atoms with E-state index in [1.165, 1.54) is 25.9 Å². The maximum Gasteiger partial charge on any atom is 0.287 e. The molecule has 22 heavy (non-hydrogen) atoms. The summed E-state index contributed by atoms with van der Waals surface area (Å²) in [4.78, 5) is 14.6. The fourth-order valence-corrected chi connectivity index (χ4v) is 3.18. The molecule has 0 radical (unpaired) electrons. The lowest BCUT2D eigenvalue weighted by Crippen LogP contribution is -2.36. The van der Waals surface area contributed by atoms with Crippen LogP contribution in [0.1, 0.15) is 36.7 Å². The Morgan fingerprint density at radius 2 is 2.27 bits per heavy atom. The summed E-state index contributed by atoms with van der Waals surface area (Å²) in [5, 5.41) is 3.92. The van der Waals surface area contributed by atoms with Crippen molar-refractivity contribution in [3.63, 3.8) is 0 Å². The van der Waals surface area contributed by atoms with Gasteiger partial charge in [-0.1, -0.05) is 25.1 Å². The second kappa shape index (κ2) is 6.97. The number of amides is 1. The van der Waals surface area contributed by atoms with Gasteiger partial charge >= 0.3 is 0 Å². The topological polar surface area (TPSA) is 45.5 Å². The molecule has 1 saturated heterocycles. The molecule has 1 N–H and O–H groups in total. The van der Waals surface area contributed by atoms with Gasteiger partial charge in [0.05, 0.1) is 0 Å². The van der Waals surface area contributed by atoms with Crippen LogP contribution in [-0.2, 0) is 0 Å². The van der Waals surface area contributed by atoms with Crippen LogP contribution in [0, 0.1) is 5.92 Å². The summed E-state index contributed by atoms with van der Waals surface area (Å²) in [5.41, 5.74) is 0.759. The molecule has 1 amide bonds. The predicted octanol–water partition coefficient (Wildman–Crippen LogP) is 3.28. The molecule has 4 heteroatoms. The monoisotopic (exact) mass is 300 g/mol. The molecule has 118 valence electrons. The fourth-order valence-electron chi connectivity index (χ4n) is 3.18. The SMILES string of the molecule is CC1CCCN(CCCNC(=O)c2cc3ccccc3o2)C1. The first-order chi connectivity index (χ1) is 10.7. The molecule has 0 bridgehead atoms. The predicted molar refractivity (Wildman–Crippen MR) is 88.0 cm³/mol. The lowest BCUT2D eigenvalue weighted by molar-refractivity contribution is 0.0924. The van der Waals surface area contributed by atoms with Crippen LogP contribution < -0.4 is 5.32 Å². The Labute approximate surface area is 131 Å². The number of carbonyl (C=O) groups excluding carboxylic acids is 1. The van der Waals surface area contributed by atoms with E-state index in [0.29, 0.717) is 12.3 Å². The second-order valence-corrected chi connectivity index (χ2v) is 6.31. The second-order valence-electron chi connectivity index (χ2n) is 6.31. The average Bonchev–Trinajstić information content (AvgIpc) is 2.95. The molecule has 2 heterocycles. The lowest BCUT2D eigenvalue weighted by Gasteiger charge is -2.30. The highest BCUT2D eigenvalue weighted by Crippen LogP contribution is 2.18. The molecule has 1 fully saturated rings. The van der Waals surface area contributed by atoms with Gasteiger partial charge in [0, 0.05) is 18.5 Å². The van der Waals surface area contributed by atoms with Gasteiger partial charge in [-0.2, -0.15) is 0 Å². The highest BCUT2D eigenvalue weighted by molar-refractivity contribution is 5.95. The summed E-state index contributed by atoms with van der Waals surface area (Å²) in [6.07, 6.45) is 3.63. The quantitative estimate of drug-likeness (QED) is 0.862. The van der Waals surface area contributed by atoms with Crippen molar-refractivity contribution in [2.24, 2.45) is 5.92 Å². The van der Waals surface area contributed by atoms with Crippen molar-refractivity contribution in [1.82, 2.24) is 10.2 Å². The third-order valence-electron chi connectivity index (χ3n) is 4.33. The number of likely N-dealkylation sites (tertiary alicyclic amines) is 1. The number of para-hydroxylation sites is 1. The zero-order chi connectivity index (χ0) is 15.4. The van der Waals surface area contributed by atoms with Gasteiger partial charge in [-0.25, -0.2) is 0 Å². The summed E-state index contributed by atoms with van der Waals surface area (Å²) >= 11 is 0. The van der Waals surface area contributed by atoms with Gasteiger partial charge in [-0.3, -0.25) is 4.79 Å². The number of hydrogen-bond donors (Lipinski definition) is 1. The largest absolute Gasteiger partial charge is 0.451 e. The van der Waals surface area contributed by atoms with Crippen molar-refractivity contribution in [3.8, 4) is 0 Å². The third kappa shape index (κ3) is 3.69. The number of nitrogens with one attached hydrogen (secondary N) is 1. The minimum Gasteiger partial charge on any atom is -0.451 e. The van der Waals surface area contributed by atoms with Crippen LogP contribution in [0.15, 0.2) is 34.7 Å². The summed E-state index contributed by atoms with van der Waals surface area (Å²) in [6.45, 7) is 6.46. The standard InChI is InChI=1S/C18H24N2O2/c1-14-6-4-10-20(13-14)11-5-9-19-18(21)17-12-15-7-2-3-8-16(15)22-17/h2-3,7-8,12,14H,4-6,9-11,13H2,1H3,(H,19,21). The smallest absolute Gasteiger partial charge is 0.287 e. The number of furan rings is 1. The van der Waals surface area contributed by atoms with E-state index in [9.17, 15) is 4.79 Å². The number of fused-ring (bicyclic) bond motifs is 1. The number of benzene rings is 1. The highest BCUT2D eigenvalue weighted by Gasteiger charge is 2.16. The number of rotatable bonds is 5. The molecular weight excluding hydrogens is 276 g/mol. The Kier molecular flexibility index (Phi) is 4.78. The van der Waals surface area contributed by atoms with Crippen molar-refractivity contribution in [2.45, 2.75) is 26.2 Å². The molecular formula is C18H24N2O2. The summed E-state index contributed by atoms with van der Waals surface area (Å²) < 4.78 is 5.57. The van der Waals surface area contributed by atoms with Crippen LogP contribution in [0.3, 0.4) is 0 Å². The minimum absolute atomic E-state index is 0.122. The van der Waals surface area contributed by atoms with E-state index < -0.39 is 0 Å². The Morgan fingerprint density at radius 1 is 1.41 bits per heavy atom. The summed E-state index contributed by atoms with van der Waals surface area (Å²) in [6, 6.07) is 9.49. The van der Waals surface area contributed by atoms with E-state index in [1.54, 1.807) is 6.07 Å². The molecule has 1 aliphatic heterocycles. The normalized spacial score (nSPS) is 19.4. The van der Waals surface area contributed by atoms with Crippen molar-refractivity contribution in [2.75, 3.05) is 26.2 Å². The van der Waals surface area contributed by atoms with Crippen LogP contribution in [0.2, 0.25) is 0 Å². The van der Waals surface area contributed by atoms with E-state index in [2.05, 4.69) is 17.1 Å². The van der Waals surface area contributed by atoms with Crippen molar-refractivity contribution in [3.05, 3.63) is 36.1 Å². The average molecular weight is 300 g/mol. The van der Waals surface area contributed by atoms with Gasteiger partial charge in [-0.15, -0.1) is 0 Å². The van der Waals surface area contributed by atoms with Gasteiger partial charge in [0.25, 0.3) is 5.91 Å². The van der Waals surface area contributed by atoms with Crippen LogP contribution >= 0.6 is 0 Å². The minimum atomic E-state index is -0.122. The summed E-state index contributed by atoms with van der Waals surface area (Å²) in [7, 11) is 0. The van der Waals surface area contributed by atoms with Crippen LogP contribution in [0.4, 0.5) is 0 Å². The number of nitrogens with zero attached hydrogens (tertiary/aromatic N) is 1. The van der Waals surface area contributed by atoms with Crippen molar-refractivity contribution >= 4 is 16.9 Å². The highest BCUT2D eigenvalue weighted by atomic mass is 16.3. The molecule has 0 aliphatic carbocycles. The van der Waals surface area contributed by atoms with Gasteiger partial charge in [0.1, 0.15) is 5.58 Å². The Balaban J connectivity index is 1.44. The van der Waals surface area contributed by atoms with Crippen LogP contribution in [-0.4, -0.2) is 37.0 Å². The Bertz CT molecular complexity index is 602. The van der Waals surface area contributed by atoms with Crippen LogP contribution in [0.25, 0.3) is 11.0 Å². The van der Waals surface area contributed by atoms with Gasteiger partial charge in [0.2, 0.25) is 0 Å². The Hall–Kier alpha value is -1.81. The molecule has 1 aliphatic rings. The number of carbonyl (C=O) groups is 1. The van der Waals surface area contributed by atoms with Crippen molar-refractivity contribution in [1.29, 1.82) is 0 Å². The molecule has 2 aromatic rings. The molecule has 4 nitrogen and oxygen atoms in total. The third-order valence-corrected chi connectivity index (χ3v) is 4.33.